The Bertz CT molecular complexity index is 1520. The van der Waals surface area contributed by atoms with Crippen LogP contribution in [0, 0.1) is 4.77 Å². The Balaban J connectivity index is 1.49. The molecule has 6 atom stereocenters. The molecule has 0 radical (unpaired) electrons. The van der Waals surface area contributed by atoms with Crippen molar-refractivity contribution < 1.29 is 38.1 Å². The largest absolute Gasteiger partial charge is 0.460 e. The second-order valence-electron chi connectivity index (χ2n) is 9.50. The topological polar surface area (TPSA) is 161 Å². The van der Waals surface area contributed by atoms with Crippen molar-refractivity contribution in [3.05, 3.63) is 92.6 Å². The molecular formula is C26H29ClN3O9PS. The van der Waals surface area contributed by atoms with Gasteiger partial charge in [0.25, 0.3) is 5.56 Å². The predicted octanol–water partition coefficient (Wildman–Crippen LogP) is 3.49. The van der Waals surface area contributed by atoms with Crippen LogP contribution in [0.1, 0.15) is 25.6 Å². The predicted molar refractivity (Wildman–Crippen MR) is 151 cm³/mol. The molecule has 2 heterocycles. The normalized spacial score (nSPS) is 24.4. The van der Waals surface area contributed by atoms with Gasteiger partial charge < -0.3 is 24.2 Å². The fourth-order valence-electron chi connectivity index (χ4n) is 4.03. The molecule has 4 rings (SSSR count). The number of halogens is 1. The van der Waals surface area contributed by atoms with E-state index in [2.05, 4.69) is 10.1 Å². The number of carbonyl (C=O) groups is 1. The van der Waals surface area contributed by atoms with Gasteiger partial charge in [0.15, 0.2) is 11.0 Å². The van der Waals surface area contributed by atoms with Crippen LogP contribution in [0.25, 0.3) is 0 Å². The van der Waals surface area contributed by atoms with Crippen molar-refractivity contribution in [3.63, 3.8) is 0 Å². The fourth-order valence-corrected chi connectivity index (χ4v) is 5.91. The molecule has 0 bridgehead atoms. The third-order valence-corrected chi connectivity index (χ3v) is 8.44. The molecule has 2 unspecified atom stereocenters. The third kappa shape index (κ3) is 7.70. The lowest BCUT2D eigenvalue weighted by Crippen LogP contribution is -2.45. The van der Waals surface area contributed by atoms with Gasteiger partial charge in [-0.05, 0) is 55.9 Å². The molecule has 0 aliphatic carbocycles. The highest BCUT2D eigenvalue weighted by Gasteiger charge is 2.53. The second-order valence-corrected chi connectivity index (χ2v) is 12.0. The van der Waals surface area contributed by atoms with Gasteiger partial charge in [-0.3, -0.25) is 23.7 Å². The van der Waals surface area contributed by atoms with Gasteiger partial charge in [-0.2, -0.15) is 5.09 Å². The van der Waals surface area contributed by atoms with Crippen LogP contribution in [-0.4, -0.2) is 56.2 Å². The van der Waals surface area contributed by atoms with Crippen LogP contribution in [0.2, 0.25) is 5.02 Å². The van der Waals surface area contributed by atoms with Crippen molar-refractivity contribution >= 4 is 37.5 Å². The summed E-state index contributed by atoms with van der Waals surface area (Å²) >= 11 is 11.1. The molecule has 1 aromatic heterocycles. The SMILES string of the molecule is C[C@H](NP(=O)(OC[C@H]1O[C@@H](n2ccc(=O)[nH]c2=S)C(C)(O)[C@H]1O)Oc1ccc(Cl)cc1)C(=O)OCc1ccccc1. The number of nitrogens with one attached hydrogen (secondary N) is 2. The van der Waals surface area contributed by atoms with E-state index < -0.39 is 56.0 Å². The van der Waals surface area contributed by atoms with Gasteiger partial charge in [0.2, 0.25) is 0 Å². The fraction of sp³-hybridized carbons (Fsp3) is 0.346. The molecule has 41 heavy (non-hydrogen) atoms. The average Bonchev–Trinajstić information content (AvgIpc) is 3.16. The minimum atomic E-state index is -4.33. The van der Waals surface area contributed by atoms with E-state index >= 15 is 0 Å². The zero-order valence-corrected chi connectivity index (χ0v) is 24.5. The van der Waals surface area contributed by atoms with E-state index in [-0.39, 0.29) is 17.1 Å². The first-order valence-electron chi connectivity index (χ1n) is 12.4. The summed E-state index contributed by atoms with van der Waals surface area (Å²) in [5, 5.41) is 24.8. The molecule has 1 aliphatic heterocycles. The van der Waals surface area contributed by atoms with Gasteiger partial charge in [0.1, 0.15) is 36.2 Å². The summed E-state index contributed by atoms with van der Waals surface area (Å²) in [6.07, 6.45) is -2.65. The van der Waals surface area contributed by atoms with E-state index in [1.165, 1.54) is 54.9 Å². The molecule has 15 heteroatoms. The number of aromatic amines is 1. The zero-order chi connectivity index (χ0) is 29.8. The Kier molecular flexibility index (Phi) is 9.83. The molecule has 3 aromatic rings. The maximum absolute atomic E-state index is 13.9. The van der Waals surface area contributed by atoms with Crippen LogP contribution >= 0.6 is 31.6 Å². The van der Waals surface area contributed by atoms with Crippen molar-refractivity contribution in [1.29, 1.82) is 0 Å². The first kappa shape index (κ1) is 31.1. The number of aromatic nitrogens is 2. The summed E-state index contributed by atoms with van der Waals surface area (Å²) in [4.78, 5) is 26.7. The Morgan fingerprint density at radius 1 is 1.24 bits per heavy atom. The summed E-state index contributed by atoms with van der Waals surface area (Å²) in [7, 11) is -4.33. The number of esters is 1. The van der Waals surface area contributed by atoms with E-state index in [4.69, 9.17) is 42.3 Å². The molecule has 1 aliphatic rings. The first-order chi connectivity index (χ1) is 19.4. The zero-order valence-electron chi connectivity index (χ0n) is 22.0. The number of H-pyrrole nitrogens is 1. The van der Waals surface area contributed by atoms with Gasteiger partial charge in [0.05, 0.1) is 6.61 Å². The number of hydrogen-bond acceptors (Lipinski definition) is 10. The lowest BCUT2D eigenvalue weighted by atomic mass is 9.96. The van der Waals surface area contributed by atoms with E-state index in [0.717, 1.165) is 5.56 Å². The maximum atomic E-state index is 13.9. The van der Waals surface area contributed by atoms with Crippen molar-refractivity contribution in [1.82, 2.24) is 14.6 Å². The van der Waals surface area contributed by atoms with Gasteiger partial charge >= 0.3 is 13.7 Å². The lowest BCUT2D eigenvalue weighted by Gasteiger charge is -2.28. The number of carbonyl (C=O) groups excluding carboxylic acids is 1. The highest BCUT2D eigenvalue weighted by molar-refractivity contribution is 7.71. The average molecular weight is 626 g/mol. The molecule has 4 N–H and O–H groups in total. The van der Waals surface area contributed by atoms with Gasteiger partial charge in [-0.25, -0.2) is 4.57 Å². The summed E-state index contributed by atoms with van der Waals surface area (Å²) < 4.78 is 37.5. The summed E-state index contributed by atoms with van der Waals surface area (Å²) in [6.45, 7) is 2.21. The summed E-state index contributed by atoms with van der Waals surface area (Å²) in [6, 6.07) is 15.0. The Hall–Kier alpha value is -2.87. The Labute approximate surface area is 245 Å². The number of rotatable bonds is 11. The molecule has 220 valence electrons. The van der Waals surface area contributed by atoms with Crippen LogP contribution in [0.15, 0.2) is 71.7 Å². The van der Waals surface area contributed by atoms with Crippen LogP contribution in [0.5, 0.6) is 5.75 Å². The Morgan fingerprint density at radius 2 is 1.93 bits per heavy atom. The van der Waals surface area contributed by atoms with Gasteiger partial charge in [0, 0.05) is 17.3 Å². The van der Waals surface area contributed by atoms with Crippen molar-refractivity contribution in [3.8, 4) is 5.75 Å². The number of ether oxygens (including phenoxy) is 2. The minimum absolute atomic E-state index is 0.000729. The standard InChI is InChI=1S/C26H29ClN3O9PS/c1-16(23(33)36-14-17-6-4-3-5-7-17)29-40(35,39-19-10-8-18(27)9-11-19)37-15-20-22(32)26(2,34)24(38-20)30-13-12-21(31)28-25(30)41/h3-13,16,20,22,24,32,34H,14-15H2,1-2H3,(H,29,35)(H,28,31,41)/t16-,20+,22-,24+,26?,40?/m0/s1. The third-order valence-electron chi connectivity index (χ3n) is 6.24. The summed E-state index contributed by atoms with van der Waals surface area (Å²) in [5.74, 6) is -0.600. The van der Waals surface area contributed by atoms with Crippen LogP contribution in [-0.2, 0) is 30.0 Å². The molecule has 0 saturated carbocycles. The number of hydrogen-bond donors (Lipinski definition) is 4. The van der Waals surface area contributed by atoms with Gasteiger partial charge in [-0.15, -0.1) is 0 Å². The summed E-state index contributed by atoms with van der Waals surface area (Å²) in [5.41, 5.74) is -1.57. The van der Waals surface area contributed by atoms with Gasteiger partial charge in [-0.1, -0.05) is 41.9 Å². The minimum Gasteiger partial charge on any atom is -0.460 e. The second kappa shape index (κ2) is 13.0. The molecule has 2 aromatic carbocycles. The monoisotopic (exact) mass is 625 g/mol. The van der Waals surface area contributed by atoms with Crippen LogP contribution in [0.3, 0.4) is 0 Å². The highest BCUT2D eigenvalue weighted by Crippen LogP contribution is 2.47. The highest BCUT2D eigenvalue weighted by atomic mass is 35.5. The number of benzene rings is 2. The van der Waals surface area contributed by atoms with Crippen LogP contribution < -0.4 is 15.2 Å². The molecule has 0 amide bonds. The van der Waals surface area contributed by atoms with E-state index in [1.807, 2.05) is 6.07 Å². The molecular weight excluding hydrogens is 597 g/mol. The van der Waals surface area contributed by atoms with E-state index in [1.54, 1.807) is 24.3 Å². The quantitative estimate of drug-likeness (QED) is 0.140. The van der Waals surface area contributed by atoms with E-state index in [9.17, 15) is 24.4 Å². The number of aliphatic hydroxyl groups is 2. The van der Waals surface area contributed by atoms with E-state index in [0.29, 0.717) is 5.02 Å². The Morgan fingerprint density at radius 3 is 2.59 bits per heavy atom. The molecule has 0 spiro atoms. The van der Waals surface area contributed by atoms with Crippen molar-refractivity contribution in [2.45, 2.75) is 50.5 Å². The molecule has 1 saturated heterocycles. The van der Waals surface area contributed by atoms with Crippen LogP contribution in [0.4, 0.5) is 0 Å². The van der Waals surface area contributed by atoms with Crippen molar-refractivity contribution in [2.24, 2.45) is 0 Å². The maximum Gasteiger partial charge on any atom is 0.459 e. The molecule has 1 fully saturated rings. The molecule has 12 nitrogen and oxygen atoms in total. The smallest absolute Gasteiger partial charge is 0.459 e. The first-order valence-corrected chi connectivity index (χ1v) is 14.8. The number of nitrogens with zero attached hydrogens (tertiary/aromatic N) is 1. The number of aliphatic hydroxyl groups excluding tert-OH is 1. The lowest BCUT2D eigenvalue weighted by molar-refractivity contribution is -0.146. The van der Waals surface area contributed by atoms with Crippen molar-refractivity contribution in [2.75, 3.05) is 6.61 Å².